The first-order valence-corrected chi connectivity index (χ1v) is 10.3. The lowest BCUT2D eigenvalue weighted by molar-refractivity contribution is -0.927. The summed E-state index contributed by atoms with van der Waals surface area (Å²) in [4.78, 5) is 10.4. The quantitative estimate of drug-likeness (QED) is 0.289. The topological polar surface area (TPSA) is 81.6 Å². The largest absolute Gasteiger partial charge is 1.00 e. The first-order chi connectivity index (χ1) is 13.6. The van der Waals surface area contributed by atoms with Crippen molar-refractivity contribution in [1.82, 2.24) is 0 Å². The van der Waals surface area contributed by atoms with Gasteiger partial charge in [0.2, 0.25) is 0 Å². The fourth-order valence-corrected chi connectivity index (χ4v) is 3.51. The van der Waals surface area contributed by atoms with Crippen molar-refractivity contribution in [3.63, 3.8) is 0 Å². The molecule has 0 aliphatic carbocycles. The third-order valence-electron chi connectivity index (χ3n) is 4.98. The Morgan fingerprint density at radius 1 is 1.28 bits per heavy atom. The van der Waals surface area contributed by atoms with Crippen LogP contribution in [-0.4, -0.2) is 55.1 Å². The lowest BCUT2D eigenvalue weighted by Crippen LogP contribution is -3.00. The van der Waals surface area contributed by atoms with E-state index in [1.54, 1.807) is 24.3 Å². The third kappa shape index (κ3) is 11.3. The average Bonchev–Trinajstić information content (AvgIpc) is 2.68. The predicted octanol–water partition coefficient (Wildman–Crippen LogP) is 0.180. The van der Waals surface area contributed by atoms with Crippen LogP contribution in [0.3, 0.4) is 0 Å². The summed E-state index contributed by atoms with van der Waals surface area (Å²) in [6.07, 6.45) is 7.85. The summed E-state index contributed by atoms with van der Waals surface area (Å²) in [5.41, 5.74) is 0.430. The number of anilines is 1. The van der Waals surface area contributed by atoms with E-state index in [1.165, 1.54) is 32.4 Å². The maximum atomic E-state index is 10.4. The van der Waals surface area contributed by atoms with Gasteiger partial charge in [-0.1, -0.05) is 38.5 Å². The van der Waals surface area contributed by atoms with Crippen LogP contribution in [0.4, 0.5) is 10.5 Å². The van der Waals surface area contributed by atoms with Gasteiger partial charge in [0.1, 0.15) is 18.4 Å². The van der Waals surface area contributed by atoms with Crippen molar-refractivity contribution in [3.05, 3.63) is 36.9 Å². The molecule has 1 saturated heterocycles. The van der Waals surface area contributed by atoms with Gasteiger partial charge >= 0.3 is 0 Å². The Balaban J connectivity index is 0.000000542. The Morgan fingerprint density at radius 3 is 2.55 bits per heavy atom. The number of carbonyl (C=O) groups excluding carboxylic acids is 1. The number of nitrogens with zero attached hydrogens (tertiary/aromatic N) is 1. The van der Waals surface area contributed by atoms with Gasteiger partial charge in [-0.25, -0.2) is 0 Å². The van der Waals surface area contributed by atoms with Gasteiger partial charge in [0.05, 0.1) is 38.5 Å². The molecule has 2 N–H and O–H groups in total. The monoisotopic (exact) mass is 471 g/mol. The van der Waals surface area contributed by atoms with Crippen LogP contribution >= 0.6 is 0 Å². The van der Waals surface area contributed by atoms with Crippen LogP contribution in [0.25, 0.3) is 0 Å². The van der Waals surface area contributed by atoms with Crippen molar-refractivity contribution in [2.75, 3.05) is 44.7 Å². The molecule has 29 heavy (non-hydrogen) atoms. The molecule has 0 atom stereocenters. The van der Waals surface area contributed by atoms with Crippen molar-refractivity contribution < 1.29 is 41.2 Å². The molecule has 1 aromatic carbocycles. The molecule has 1 heterocycles. The van der Waals surface area contributed by atoms with Crippen LogP contribution in [0, 0.1) is 0 Å². The van der Waals surface area contributed by atoms with E-state index in [1.807, 2.05) is 6.08 Å². The molecule has 2 rings (SSSR count). The lowest BCUT2D eigenvalue weighted by Gasteiger charge is -2.40. The summed E-state index contributed by atoms with van der Waals surface area (Å²) in [5, 5.41) is 21.6. The van der Waals surface area contributed by atoms with Gasteiger partial charge < -0.3 is 46.5 Å². The van der Waals surface area contributed by atoms with E-state index in [9.17, 15) is 9.90 Å². The molecular formula is C22H36BrN2O4-. The molecule has 166 valence electrons. The van der Waals surface area contributed by atoms with Gasteiger partial charge in [0.25, 0.3) is 0 Å². The van der Waals surface area contributed by atoms with Crippen molar-refractivity contribution >= 4 is 11.8 Å². The molecule has 1 aliphatic heterocycles. The van der Waals surface area contributed by atoms with E-state index in [0.717, 1.165) is 36.8 Å². The number of para-hydroxylation sites is 2. The molecule has 1 aromatic rings. The summed E-state index contributed by atoms with van der Waals surface area (Å²) in [5.74, 6) is 0.544. The molecule has 0 aromatic heterocycles. The fourth-order valence-electron chi connectivity index (χ4n) is 3.51. The zero-order valence-electron chi connectivity index (χ0n) is 17.6. The molecule has 1 aliphatic rings. The number of likely N-dealkylation sites (tertiary alicyclic amines) is 1. The fraction of sp³-hybridized carbons (Fsp3) is 0.591. The molecule has 7 heteroatoms. The summed E-state index contributed by atoms with van der Waals surface area (Å²) in [6, 6.07) is 6.92. The van der Waals surface area contributed by atoms with E-state index in [2.05, 4.69) is 18.8 Å². The summed E-state index contributed by atoms with van der Waals surface area (Å²) in [7, 11) is 0. The second-order valence-electron chi connectivity index (χ2n) is 7.23. The van der Waals surface area contributed by atoms with Crippen molar-refractivity contribution in [2.24, 2.45) is 0 Å². The number of rotatable bonds is 10. The molecule has 0 unspecified atom stereocenters. The van der Waals surface area contributed by atoms with Crippen molar-refractivity contribution in [3.8, 4) is 5.75 Å². The molecule has 0 bridgehead atoms. The third-order valence-corrected chi connectivity index (χ3v) is 4.98. The number of aliphatic hydroxyl groups is 1. The predicted molar refractivity (Wildman–Crippen MR) is 111 cm³/mol. The Kier molecular flexibility index (Phi) is 15.4. The van der Waals surface area contributed by atoms with Crippen molar-refractivity contribution in [1.29, 1.82) is 0 Å². The number of carbonyl (C=O) groups is 1. The second-order valence-corrected chi connectivity index (χ2v) is 7.23. The molecule has 1 amide bonds. The number of hydrogen-bond acceptors (Lipinski definition) is 4. The number of benzene rings is 1. The summed E-state index contributed by atoms with van der Waals surface area (Å²) >= 11 is 0. The number of amides is 1. The van der Waals surface area contributed by atoms with Crippen LogP contribution in [0.2, 0.25) is 0 Å². The maximum Gasteiger partial charge on any atom is 0.142 e. The zero-order chi connectivity index (χ0) is 20.7. The highest BCUT2D eigenvalue weighted by Crippen LogP contribution is 2.23. The first-order valence-electron chi connectivity index (χ1n) is 10.3. The highest BCUT2D eigenvalue weighted by atomic mass is 79.9. The number of quaternary nitrogens is 1. The van der Waals surface area contributed by atoms with Gasteiger partial charge in [0, 0.05) is 0 Å². The number of halogens is 1. The summed E-state index contributed by atoms with van der Waals surface area (Å²) < 4.78 is 6.56. The van der Waals surface area contributed by atoms with Crippen LogP contribution in [0.5, 0.6) is 5.75 Å². The Labute approximate surface area is 185 Å². The van der Waals surface area contributed by atoms with Gasteiger partial charge in [-0.3, -0.25) is 0 Å². The minimum Gasteiger partial charge on any atom is -1.00 e. The highest BCUT2D eigenvalue weighted by Gasteiger charge is 2.27. The van der Waals surface area contributed by atoms with Gasteiger partial charge in [-0.2, -0.15) is 0 Å². The van der Waals surface area contributed by atoms with Crippen LogP contribution in [0.15, 0.2) is 36.9 Å². The number of ether oxygens (including phenoxy) is 1. The van der Waals surface area contributed by atoms with E-state index < -0.39 is 6.09 Å². The van der Waals surface area contributed by atoms with E-state index >= 15 is 0 Å². The molecule has 0 radical (unpaired) electrons. The van der Waals surface area contributed by atoms with E-state index in [4.69, 9.17) is 9.84 Å². The molecule has 0 saturated carbocycles. The summed E-state index contributed by atoms with van der Waals surface area (Å²) in [6.45, 7) is 11.2. The zero-order valence-corrected chi connectivity index (χ0v) is 19.2. The average molecular weight is 472 g/mol. The minimum absolute atomic E-state index is 0. The van der Waals surface area contributed by atoms with Crippen LogP contribution in [-0.2, 0) is 0 Å². The number of unbranched alkanes of at least 4 members (excludes halogenated alkanes) is 2. The van der Waals surface area contributed by atoms with Gasteiger partial charge in [-0.15, -0.1) is 0 Å². The molecule has 6 nitrogen and oxygen atoms in total. The first kappa shape index (κ1) is 27.4. The van der Waals surface area contributed by atoms with E-state index in [-0.39, 0.29) is 17.0 Å². The normalized spacial score (nSPS) is 14.6. The number of aliphatic hydroxyl groups excluding tert-OH is 1. The SMILES string of the molecule is C=CC[N+]1(CCO)CCCCC1.CCCCCOc1ccccc1NC(=O)[O-].[Br-]. The molecule has 0 spiro atoms. The van der Waals surface area contributed by atoms with Gasteiger partial charge in [0.15, 0.2) is 0 Å². The van der Waals surface area contributed by atoms with Gasteiger partial charge in [-0.05, 0) is 43.9 Å². The maximum absolute atomic E-state index is 10.4. The van der Waals surface area contributed by atoms with Crippen molar-refractivity contribution in [2.45, 2.75) is 45.4 Å². The highest BCUT2D eigenvalue weighted by molar-refractivity contribution is 5.83. The number of carboxylic acid groups (broad SMARTS) is 1. The van der Waals surface area contributed by atoms with E-state index in [0.29, 0.717) is 24.7 Å². The number of hydrogen-bond donors (Lipinski definition) is 2. The van der Waals surface area contributed by atoms with Crippen LogP contribution in [0.1, 0.15) is 45.4 Å². The standard InChI is InChI=1S/C12H17NO3.C10H20NO.BrH/c1-2-3-6-9-16-11-8-5-4-7-10(11)13-12(14)15;1-2-6-11(9-10-12)7-4-3-5-8-11;/h4-5,7-8,13H,2-3,6,9H2,1H3,(H,14,15);2,12H,1,3-10H2;1H/q;+1;/p-2. The lowest BCUT2D eigenvalue weighted by atomic mass is 10.1. The minimum atomic E-state index is -1.33. The second kappa shape index (κ2) is 16.3. The molecular weight excluding hydrogens is 436 g/mol. The molecule has 1 fully saturated rings. The van der Waals surface area contributed by atoms with Crippen LogP contribution < -0.4 is 32.1 Å². The Hall–Kier alpha value is -1.57. The smallest absolute Gasteiger partial charge is 0.142 e. The number of piperidine rings is 1. The Morgan fingerprint density at radius 2 is 1.97 bits per heavy atom. The number of nitrogens with one attached hydrogen (secondary N) is 1. The Bertz CT molecular complexity index is 572.